The van der Waals surface area contributed by atoms with E-state index in [2.05, 4.69) is 17.4 Å². The Kier molecular flexibility index (Phi) is 2.42. The molecule has 0 bridgehead atoms. The number of aliphatic hydroxyl groups is 1. The Labute approximate surface area is 102 Å². The topological polar surface area (TPSA) is 41.5 Å². The average molecular weight is 233 g/mol. The fraction of sp³-hybridized carbons (Fsp3) is 0.571. The molecule has 2 N–H and O–H groups in total. The first-order valence-corrected chi connectivity index (χ1v) is 6.25. The third-order valence-electron chi connectivity index (χ3n) is 4.01. The van der Waals surface area contributed by atoms with E-state index < -0.39 is 5.60 Å². The van der Waals surface area contributed by atoms with Gasteiger partial charge in [0, 0.05) is 24.4 Å². The zero-order valence-corrected chi connectivity index (χ0v) is 10.3. The minimum Gasteiger partial charge on any atom is -0.493 e. The lowest BCUT2D eigenvalue weighted by atomic mass is 9.79. The van der Waals surface area contributed by atoms with Crippen LogP contribution in [0.15, 0.2) is 24.3 Å². The molecule has 0 amide bonds. The van der Waals surface area contributed by atoms with Gasteiger partial charge in [-0.1, -0.05) is 18.2 Å². The highest BCUT2D eigenvalue weighted by atomic mass is 16.5. The Hall–Kier alpha value is -1.06. The Balaban J connectivity index is 1.94. The molecule has 92 valence electrons. The molecule has 0 aromatic heterocycles. The number of hydrogen-bond acceptors (Lipinski definition) is 3. The molecule has 1 fully saturated rings. The van der Waals surface area contributed by atoms with E-state index in [0.717, 1.165) is 12.3 Å². The molecular formula is C14H19NO2. The summed E-state index contributed by atoms with van der Waals surface area (Å²) in [6.07, 6.45) is 0. The standard InChI is InChI=1S/C14H19NO2/c1-14(2,16)13-11-8-17-12-6-4-3-5-9(12)10(11)7-15-13/h3-6,10-11,13,15-16H,7-8H2,1-2H3/t10-,11+,13+/m0/s1. The Morgan fingerprint density at radius 1 is 1.35 bits per heavy atom. The quantitative estimate of drug-likeness (QED) is 0.773. The van der Waals surface area contributed by atoms with Crippen LogP contribution in [0, 0.1) is 5.92 Å². The molecule has 1 aromatic carbocycles. The Bertz CT molecular complexity index is 424. The van der Waals surface area contributed by atoms with E-state index in [1.54, 1.807) is 0 Å². The number of nitrogens with one attached hydrogen (secondary N) is 1. The normalized spacial score (nSPS) is 31.6. The van der Waals surface area contributed by atoms with Crippen molar-refractivity contribution in [2.75, 3.05) is 13.2 Å². The summed E-state index contributed by atoms with van der Waals surface area (Å²) >= 11 is 0. The van der Waals surface area contributed by atoms with Crippen molar-refractivity contribution in [1.29, 1.82) is 0 Å². The van der Waals surface area contributed by atoms with Gasteiger partial charge in [-0.25, -0.2) is 0 Å². The lowest BCUT2D eigenvalue weighted by molar-refractivity contribution is 0.0156. The molecule has 17 heavy (non-hydrogen) atoms. The molecule has 1 aromatic rings. The second-order valence-electron chi connectivity index (χ2n) is 5.66. The summed E-state index contributed by atoms with van der Waals surface area (Å²) in [6, 6.07) is 8.35. The van der Waals surface area contributed by atoms with Crippen LogP contribution in [0.2, 0.25) is 0 Å². The van der Waals surface area contributed by atoms with Crippen LogP contribution in [0.5, 0.6) is 5.75 Å². The highest BCUT2D eigenvalue weighted by Gasteiger charge is 2.46. The first-order valence-electron chi connectivity index (χ1n) is 6.25. The van der Waals surface area contributed by atoms with E-state index >= 15 is 0 Å². The van der Waals surface area contributed by atoms with E-state index in [9.17, 15) is 5.11 Å². The molecule has 2 aliphatic rings. The monoisotopic (exact) mass is 233 g/mol. The van der Waals surface area contributed by atoms with Gasteiger partial charge < -0.3 is 15.2 Å². The fourth-order valence-corrected chi connectivity index (χ4v) is 3.22. The van der Waals surface area contributed by atoms with Gasteiger partial charge >= 0.3 is 0 Å². The third kappa shape index (κ3) is 1.74. The van der Waals surface area contributed by atoms with Gasteiger partial charge in [0.1, 0.15) is 5.75 Å². The Morgan fingerprint density at radius 3 is 2.88 bits per heavy atom. The van der Waals surface area contributed by atoms with Crippen LogP contribution >= 0.6 is 0 Å². The molecule has 3 heteroatoms. The van der Waals surface area contributed by atoms with Crippen molar-refractivity contribution in [3.63, 3.8) is 0 Å². The summed E-state index contributed by atoms with van der Waals surface area (Å²) in [5.74, 6) is 1.84. The predicted octanol–water partition coefficient (Wildman–Crippen LogP) is 1.52. The summed E-state index contributed by atoms with van der Waals surface area (Å²) < 4.78 is 5.81. The smallest absolute Gasteiger partial charge is 0.122 e. The molecule has 0 saturated carbocycles. The first kappa shape index (κ1) is 11.1. The summed E-state index contributed by atoms with van der Waals surface area (Å²) in [5.41, 5.74) is 0.581. The molecule has 0 spiro atoms. The molecule has 2 aliphatic heterocycles. The minimum absolute atomic E-state index is 0.112. The van der Waals surface area contributed by atoms with E-state index in [0.29, 0.717) is 18.4 Å². The number of hydrogen-bond donors (Lipinski definition) is 2. The fourth-order valence-electron chi connectivity index (χ4n) is 3.22. The van der Waals surface area contributed by atoms with Gasteiger partial charge in [-0.2, -0.15) is 0 Å². The third-order valence-corrected chi connectivity index (χ3v) is 4.01. The van der Waals surface area contributed by atoms with E-state index in [1.807, 2.05) is 26.0 Å². The molecule has 0 unspecified atom stereocenters. The van der Waals surface area contributed by atoms with Crippen molar-refractivity contribution >= 4 is 0 Å². The Morgan fingerprint density at radius 2 is 2.12 bits per heavy atom. The maximum atomic E-state index is 10.2. The van der Waals surface area contributed by atoms with Gasteiger partial charge in [-0.05, 0) is 25.5 Å². The van der Waals surface area contributed by atoms with Crippen LogP contribution in [-0.4, -0.2) is 29.9 Å². The second-order valence-corrected chi connectivity index (χ2v) is 5.66. The first-order chi connectivity index (χ1) is 8.07. The maximum Gasteiger partial charge on any atom is 0.122 e. The number of ether oxygens (including phenoxy) is 1. The summed E-state index contributed by atoms with van der Waals surface area (Å²) in [6.45, 7) is 5.37. The van der Waals surface area contributed by atoms with Crippen molar-refractivity contribution in [3.8, 4) is 5.75 Å². The number of benzene rings is 1. The van der Waals surface area contributed by atoms with Gasteiger partial charge in [0.15, 0.2) is 0 Å². The van der Waals surface area contributed by atoms with Crippen LogP contribution in [0.1, 0.15) is 25.3 Å². The lowest BCUT2D eigenvalue weighted by Crippen LogP contribution is -2.48. The highest BCUT2D eigenvalue weighted by Crippen LogP contribution is 2.43. The zero-order chi connectivity index (χ0) is 12.0. The van der Waals surface area contributed by atoms with Gasteiger partial charge in [0.05, 0.1) is 12.2 Å². The van der Waals surface area contributed by atoms with Crippen LogP contribution in [0.4, 0.5) is 0 Å². The zero-order valence-electron chi connectivity index (χ0n) is 10.3. The van der Waals surface area contributed by atoms with E-state index in [1.165, 1.54) is 5.56 Å². The van der Waals surface area contributed by atoms with Gasteiger partial charge in [-0.3, -0.25) is 0 Å². The summed E-state index contributed by atoms with van der Waals surface area (Å²) in [7, 11) is 0. The van der Waals surface area contributed by atoms with E-state index in [4.69, 9.17) is 4.74 Å². The highest BCUT2D eigenvalue weighted by molar-refractivity contribution is 5.40. The van der Waals surface area contributed by atoms with Crippen LogP contribution in [-0.2, 0) is 0 Å². The molecule has 1 saturated heterocycles. The van der Waals surface area contributed by atoms with Gasteiger partial charge in [0.2, 0.25) is 0 Å². The largest absolute Gasteiger partial charge is 0.493 e. The molecule has 3 atom stereocenters. The summed E-state index contributed by atoms with van der Waals surface area (Å²) in [5, 5.41) is 13.6. The average Bonchev–Trinajstić information content (AvgIpc) is 2.72. The van der Waals surface area contributed by atoms with Crippen LogP contribution in [0.3, 0.4) is 0 Å². The van der Waals surface area contributed by atoms with Crippen molar-refractivity contribution < 1.29 is 9.84 Å². The predicted molar refractivity (Wildman–Crippen MR) is 66.3 cm³/mol. The second kappa shape index (κ2) is 3.72. The van der Waals surface area contributed by atoms with Crippen molar-refractivity contribution in [3.05, 3.63) is 29.8 Å². The maximum absolute atomic E-state index is 10.2. The number of fused-ring (bicyclic) bond motifs is 3. The molecule has 3 rings (SSSR count). The molecule has 3 nitrogen and oxygen atoms in total. The van der Waals surface area contributed by atoms with Crippen molar-refractivity contribution in [1.82, 2.24) is 5.32 Å². The van der Waals surface area contributed by atoms with Crippen molar-refractivity contribution in [2.24, 2.45) is 5.92 Å². The molecule has 0 radical (unpaired) electrons. The summed E-state index contributed by atoms with van der Waals surface area (Å²) in [4.78, 5) is 0. The molecular weight excluding hydrogens is 214 g/mol. The van der Waals surface area contributed by atoms with Crippen molar-refractivity contribution in [2.45, 2.75) is 31.4 Å². The lowest BCUT2D eigenvalue weighted by Gasteiger charge is -2.35. The molecule has 2 heterocycles. The number of rotatable bonds is 1. The molecule has 0 aliphatic carbocycles. The van der Waals surface area contributed by atoms with Crippen LogP contribution in [0.25, 0.3) is 0 Å². The minimum atomic E-state index is -0.699. The number of para-hydroxylation sites is 1. The van der Waals surface area contributed by atoms with Crippen LogP contribution < -0.4 is 10.1 Å². The van der Waals surface area contributed by atoms with Gasteiger partial charge in [-0.15, -0.1) is 0 Å². The SMILES string of the molecule is CC(C)(O)[C@@H]1NC[C@H]2c3ccccc3OC[C@@H]12. The van der Waals surface area contributed by atoms with Gasteiger partial charge in [0.25, 0.3) is 0 Å². The van der Waals surface area contributed by atoms with E-state index in [-0.39, 0.29) is 6.04 Å².